The number of amides is 1. The van der Waals surface area contributed by atoms with Crippen LogP contribution in [-0.4, -0.2) is 38.9 Å². The van der Waals surface area contributed by atoms with Crippen LogP contribution in [0.5, 0.6) is 0 Å². The zero-order chi connectivity index (χ0) is 23.8. The average molecular weight is 472 g/mol. The Balaban J connectivity index is 1.48. The summed E-state index contributed by atoms with van der Waals surface area (Å²) in [5.41, 5.74) is 4.28. The van der Waals surface area contributed by atoms with Gasteiger partial charge in [0.15, 0.2) is 0 Å². The molecule has 0 aliphatic heterocycles. The van der Waals surface area contributed by atoms with Crippen LogP contribution in [0, 0.1) is 13.8 Å². The van der Waals surface area contributed by atoms with Crippen molar-refractivity contribution in [3.05, 3.63) is 64.7 Å². The molecule has 1 saturated carbocycles. The van der Waals surface area contributed by atoms with Crippen LogP contribution in [0.15, 0.2) is 47.4 Å². The molecule has 0 heterocycles. The molecule has 2 N–H and O–H groups in total. The number of sulfonamides is 1. The van der Waals surface area contributed by atoms with Crippen LogP contribution in [0.4, 0.5) is 0 Å². The molecule has 0 aromatic heterocycles. The monoisotopic (exact) mass is 471 g/mol. The van der Waals surface area contributed by atoms with Gasteiger partial charge in [-0.3, -0.25) is 9.69 Å². The highest BCUT2D eigenvalue weighted by molar-refractivity contribution is 7.89. The maximum Gasteiger partial charge on any atom is 0.240 e. The van der Waals surface area contributed by atoms with Gasteiger partial charge in [-0.15, -0.1) is 0 Å². The number of benzene rings is 2. The molecule has 2 aromatic rings. The minimum absolute atomic E-state index is 0.0627. The molecule has 180 valence electrons. The van der Waals surface area contributed by atoms with E-state index in [0.29, 0.717) is 12.6 Å². The van der Waals surface area contributed by atoms with E-state index >= 15 is 0 Å². The maximum atomic E-state index is 12.5. The third-order valence-corrected chi connectivity index (χ3v) is 8.10. The Hall–Kier alpha value is -2.22. The molecule has 3 rings (SSSR count). The number of aryl methyl sites for hydroxylation is 2. The van der Waals surface area contributed by atoms with E-state index in [1.54, 1.807) is 18.2 Å². The van der Waals surface area contributed by atoms with Crippen molar-refractivity contribution in [2.24, 2.45) is 0 Å². The maximum absolute atomic E-state index is 12.5. The fourth-order valence-electron chi connectivity index (χ4n) is 4.35. The molecule has 0 radical (unpaired) electrons. The molecule has 0 atom stereocenters. The molecular formula is C26H37N3O3S. The van der Waals surface area contributed by atoms with E-state index in [1.165, 1.54) is 37.7 Å². The number of hydrogen-bond acceptors (Lipinski definition) is 4. The van der Waals surface area contributed by atoms with Crippen LogP contribution < -0.4 is 10.0 Å². The van der Waals surface area contributed by atoms with Crippen LogP contribution in [0.2, 0.25) is 0 Å². The molecule has 0 spiro atoms. The summed E-state index contributed by atoms with van der Waals surface area (Å²) in [7, 11) is -1.44. The van der Waals surface area contributed by atoms with Crippen molar-refractivity contribution in [1.29, 1.82) is 0 Å². The smallest absolute Gasteiger partial charge is 0.240 e. The Bertz CT molecular complexity index is 1050. The van der Waals surface area contributed by atoms with E-state index in [0.717, 1.165) is 23.2 Å². The first-order valence-corrected chi connectivity index (χ1v) is 13.4. The lowest BCUT2D eigenvalue weighted by Crippen LogP contribution is -2.33. The van der Waals surface area contributed by atoms with E-state index in [4.69, 9.17) is 0 Å². The van der Waals surface area contributed by atoms with Gasteiger partial charge >= 0.3 is 0 Å². The zero-order valence-electron chi connectivity index (χ0n) is 20.1. The molecule has 1 amide bonds. The highest BCUT2D eigenvalue weighted by Gasteiger charge is 2.19. The lowest BCUT2D eigenvalue weighted by molar-refractivity contribution is -0.121. The molecule has 0 saturated heterocycles. The van der Waals surface area contributed by atoms with Gasteiger partial charge in [0.05, 0.1) is 4.90 Å². The first-order valence-electron chi connectivity index (χ1n) is 11.9. The Kier molecular flexibility index (Phi) is 9.06. The van der Waals surface area contributed by atoms with Gasteiger partial charge in [0, 0.05) is 32.1 Å². The van der Waals surface area contributed by atoms with Crippen molar-refractivity contribution in [2.45, 2.75) is 76.4 Å². The summed E-state index contributed by atoms with van der Waals surface area (Å²) in [6.45, 7) is 5.19. The van der Waals surface area contributed by atoms with Gasteiger partial charge in [-0.2, -0.15) is 0 Å². The Morgan fingerprint density at radius 2 is 1.70 bits per heavy atom. The minimum atomic E-state index is -3.63. The van der Waals surface area contributed by atoms with E-state index < -0.39 is 10.0 Å². The molecule has 1 fully saturated rings. The summed E-state index contributed by atoms with van der Waals surface area (Å²) in [6, 6.07) is 13.9. The topological polar surface area (TPSA) is 78.5 Å². The highest BCUT2D eigenvalue weighted by Crippen LogP contribution is 2.23. The second-order valence-corrected chi connectivity index (χ2v) is 10.9. The van der Waals surface area contributed by atoms with Crippen LogP contribution in [0.3, 0.4) is 0 Å². The number of hydrogen-bond donors (Lipinski definition) is 2. The van der Waals surface area contributed by atoms with Crippen molar-refractivity contribution < 1.29 is 13.2 Å². The van der Waals surface area contributed by atoms with Crippen molar-refractivity contribution in [1.82, 2.24) is 14.9 Å². The van der Waals surface area contributed by atoms with Gasteiger partial charge in [0.2, 0.25) is 15.9 Å². The van der Waals surface area contributed by atoms with Crippen LogP contribution in [-0.2, 0) is 27.9 Å². The molecule has 0 bridgehead atoms. The van der Waals surface area contributed by atoms with Crippen molar-refractivity contribution in [3.8, 4) is 0 Å². The van der Waals surface area contributed by atoms with Gasteiger partial charge in [-0.1, -0.05) is 49.6 Å². The molecule has 6 nitrogen and oxygen atoms in total. The normalized spacial score (nSPS) is 15.0. The molecule has 0 unspecified atom stereocenters. The van der Waals surface area contributed by atoms with E-state index in [2.05, 4.69) is 28.1 Å². The first kappa shape index (κ1) is 25.4. The summed E-state index contributed by atoms with van der Waals surface area (Å²) in [5, 5.41) is 2.94. The van der Waals surface area contributed by atoms with Crippen molar-refractivity contribution in [3.63, 3.8) is 0 Å². The van der Waals surface area contributed by atoms with Crippen LogP contribution in [0.25, 0.3) is 0 Å². The fraction of sp³-hybridized carbons (Fsp3) is 0.500. The fourth-order valence-corrected chi connectivity index (χ4v) is 5.47. The van der Waals surface area contributed by atoms with Crippen LogP contribution >= 0.6 is 0 Å². The second kappa shape index (κ2) is 11.8. The van der Waals surface area contributed by atoms with Gasteiger partial charge in [-0.05, 0) is 68.1 Å². The summed E-state index contributed by atoms with van der Waals surface area (Å²) in [5.74, 6) is -0.173. The standard InChI is InChI=1S/C26H37N3O3S/c1-20-13-14-25(17-21(20)2)33(31,32)28-16-15-26(30)27-18-22-9-7-8-10-23(22)19-29(3)24-11-5-4-6-12-24/h7-10,13-14,17,24,28H,4-6,11-12,15-16,18-19H2,1-3H3,(H,27,30). The quantitative estimate of drug-likeness (QED) is 0.548. The second-order valence-electron chi connectivity index (χ2n) is 9.15. The molecular weight excluding hydrogens is 434 g/mol. The van der Waals surface area contributed by atoms with Gasteiger partial charge in [0.1, 0.15) is 0 Å². The zero-order valence-corrected chi connectivity index (χ0v) is 20.9. The predicted octanol–water partition coefficient (Wildman–Crippen LogP) is 4.05. The lowest BCUT2D eigenvalue weighted by Gasteiger charge is -2.31. The summed E-state index contributed by atoms with van der Waals surface area (Å²) in [6.07, 6.45) is 6.56. The number of nitrogens with one attached hydrogen (secondary N) is 2. The number of nitrogens with zero attached hydrogens (tertiary/aromatic N) is 1. The molecule has 7 heteroatoms. The Morgan fingerprint density at radius 1 is 1.00 bits per heavy atom. The summed E-state index contributed by atoms with van der Waals surface area (Å²) < 4.78 is 27.5. The molecule has 33 heavy (non-hydrogen) atoms. The van der Waals surface area contributed by atoms with E-state index in [-0.39, 0.29) is 23.8 Å². The molecule has 1 aliphatic carbocycles. The molecule has 1 aliphatic rings. The summed E-state index contributed by atoms with van der Waals surface area (Å²) in [4.78, 5) is 15.0. The third kappa shape index (κ3) is 7.39. The number of carbonyl (C=O) groups is 1. The SMILES string of the molecule is Cc1ccc(S(=O)(=O)NCCC(=O)NCc2ccccc2CN(C)C2CCCCC2)cc1C. The first-order chi connectivity index (χ1) is 15.8. The van der Waals surface area contributed by atoms with Crippen molar-refractivity contribution >= 4 is 15.9 Å². The molecule has 2 aromatic carbocycles. The summed E-state index contributed by atoms with van der Waals surface area (Å²) >= 11 is 0. The Labute approximate surface area is 198 Å². The highest BCUT2D eigenvalue weighted by atomic mass is 32.2. The van der Waals surface area contributed by atoms with Gasteiger partial charge in [-0.25, -0.2) is 13.1 Å². The minimum Gasteiger partial charge on any atom is -0.352 e. The predicted molar refractivity (Wildman–Crippen MR) is 132 cm³/mol. The number of rotatable bonds is 10. The average Bonchev–Trinajstić information content (AvgIpc) is 2.80. The Morgan fingerprint density at radius 3 is 2.39 bits per heavy atom. The van der Waals surface area contributed by atoms with Gasteiger partial charge < -0.3 is 5.32 Å². The number of carbonyl (C=O) groups excluding carboxylic acids is 1. The van der Waals surface area contributed by atoms with Gasteiger partial charge in [0.25, 0.3) is 0 Å². The van der Waals surface area contributed by atoms with E-state index in [1.807, 2.05) is 32.0 Å². The largest absolute Gasteiger partial charge is 0.352 e. The lowest BCUT2D eigenvalue weighted by atomic mass is 9.94. The van der Waals surface area contributed by atoms with Crippen LogP contribution in [0.1, 0.15) is 60.8 Å². The third-order valence-electron chi connectivity index (χ3n) is 6.65. The van der Waals surface area contributed by atoms with Crippen molar-refractivity contribution in [2.75, 3.05) is 13.6 Å². The van der Waals surface area contributed by atoms with E-state index in [9.17, 15) is 13.2 Å².